The lowest BCUT2D eigenvalue weighted by atomic mass is 10.2. The summed E-state index contributed by atoms with van der Waals surface area (Å²) in [6, 6.07) is 4.28. The fraction of sp³-hybridized carbons (Fsp3) is 0.273. The Balaban J connectivity index is 2.37. The number of rotatable bonds is 2. The van der Waals surface area contributed by atoms with Crippen LogP contribution in [0, 0.1) is 0 Å². The summed E-state index contributed by atoms with van der Waals surface area (Å²) in [6.45, 7) is 0.889. The Morgan fingerprint density at radius 1 is 1.41 bits per heavy atom. The smallest absolute Gasteiger partial charge is 0.414 e. The molecule has 1 aromatic rings. The number of ether oxygens (including phenoxy) is 1. The first-order valence-electron chi connectivity index (χ1n) is 5.06. The summed E-state index contributed by atoms with van der Waals surface area (Å²) in [5.41, 5.74) is 0.491. The van der Waals surface area contributed by atoms with Gasteiger partial charge in [-0.25, -0.2) is 9.59 Å². The van der Waals surface area contributed by atoms with Gasteiger partial charge in [-0.05, 0) is 24.6 Å². The van der Waals surface area contributed by atoms with Crippen molar-refractivity contribution in [2.24, 2.45) is 0 Å². The van der Waals surface area contributed by atoms with Gasteiger partial charge >= 0.3 is 12.1 Å². The van der Waals surface area contributed by atoms with Crippen LogP contribution in [0.5, 0.6) is 0 Å². The number of cyclic esters (lactones) is 1. The van der Waals surface area contributed by atoms with E-state index in [1.807, 2.05) is 0 Å². The molecular weight excluding hydrogens is 246 g/mol. The van der Waals surface area contributed by atoms with Crippen LogP contribution in [-0.2, 0) is 4.74 Å². The zero-order valence-electron chi connectivity index (χ0n) is 8.85. The van der Waals surface area contributed by atoms with Crippen LogP contribution in [0.4, 0.5) is 10.5 Å². The Bertz CT molecular complexity index is 475. The molecule has 2 rings (SSSR count). The number of anilines is 1. The highest BCUT2D eigenvalue weighted by Gasteiger charge is 2.22. The highest BCUT2D eigenvalue weighted by atomic mass is 35.5. The molecule has 1 fully saturated rings. The van der Waals surface area contributed by atoms with Crippen LogP contribution in [-0.4, -0.2) is 30.3 Å². The van der Waals surface area contributed by atoms with E-state index >= 15 is 0 Å². The summed E-state index contributed by atoms with van der Waals surface area (Å²) >= 11 is 5.82. The van der Waals surface area contributed by atoms with Gasteiger partial charge < -0.3 is 9.84 Å². The molecular formula is C11H10ClNO4. The van der Waals surface area contributed by atoms with Crippen LogP contribution < -0.4 is 4.90 Å². The molecule has 1 heterocycles. The summed E-state index contributed by atoms with van der Waals surface area (Å²) in [6.07, 6.45) is 0.232. The highest BCUT2D eigenvalue weighted by molar-refractivity contribution is 6.31. The molecule has 1 aliphatic heterocycles. The number of aromatic carboxylic acids is 1. The molecule has 0 bridgehead atoms. The van der Waals surface area contributed by atoms with E-state index in [2.05, 4.69) is 0 Å². The molecule has 0 aliphatic carbocycles. The largest absolute Gasteiger partial charge is 0.478 e. The van der Waals surface area contributed by atoms with Gasteiger partial charge in [0.2, 0.25) is 0 Å². The Morgan fingerprint density at radius 2 is 2.18 bits per heavy atom. The van der Waals surface area contributed by atoms with E-state index in [4.69, 9.17) is 21.4 Å². The monoisotopic (exact) mass is 255 g/mol. The molecule has 0 aromatic heterocycles. The number of carbonyl (C=O) groups excluding carboxylic acids is 1. The Kier molecular flexibility index (Phi) is 3.19. The van der Waals surface area contributed by atoms with Crippen molar-refractivity contribution in [3.05, 3.63) is 28.8 Å². The first-order valence-corrected chi connectivity index (χ1v) is 5.44. The zero-order chi connectivity index (χ0) is 12.4. The van der Waals surface area contributed by atoms with E-state index in [1.165, 1.54) is 17.0 Å². The normalized spacial score (nSPS) is 15.6. The molecule has 1 amide bonds. The van der Waals surface area contributed by atoms with Gasteiger partial charge in [0.15, 0.2) is 0 Å². The number of carboxylic acids is 1. The third kappa shape index (κ3) is 2.50. The van der Waals surface area contributed by atoms with Gasteiger partial charge in [0, 0.05) is 17.3 Å². The number of nitrogens with zero attached hydrogens (tertiary/aromatic N) is 1. The number of carboxylic acid groups (broad SMARTS) is 1. The maximum atomic E-state index is 11.5. The van der Waals surface area contributed by atoms with Crippen molar-refractivity contribution in [2.75, 3.05) is 18.1 Å². The standard InChI is InChI=1S/C11H10ClNO4/c12-8-4-7(10(14)15)5-9(6-8)13-2-1-3-17-11(13)16/h4-6H,1-3H2,(H,14,15). The number of amides is 1. The number of hydrogen-bond donors (Lipinski definition) is 1. The first kappa shape index (κ1) is 11.7. The van der Waals surface area contributed by atoms with Gasteiger partial charge in [-0.1, -0.05) is 11.6 Å². The van der Waals surface area contributed by atoms with Crippen LogP contribution in [0.25, 0.3) is 0 Å². The number of hydrogen-bond acceptors (Lipinski definition) is 3. The van der Waals surface area contributed by atoms with Crippen molar-refractivity contribution in [1.82, 2.24) is 0 Å². The third-order valence-electron chi connectivity index (χ3n) is 2.41. The van der Waals surface area contributed by atoms with Crippen molar-refractivity contribution in [3.63, 3.8) is 0 Å². The molecule has 5 nitrogen and oxygen atoms in total. The first-order chi connectivity index (χ1) is 8.08. The third-order valence-corrected chi connectivity index (χ3v) is 2.63. The lowest BCUT2D eigenvalue weighted by Crippen LogP contribution is -2.37. The molecule has 0 saturated carbocycles. The molecule has 1 saturated heterocycles. The molecule has 0 unspecified atom stereocenters. The lowest BCUT2D eigenvalue weighted by Gasteiger charge is -2.26. The van der Waals surface area contributed by atoms with Crippen LogP contribution in [0.2, 0.25) is 5.02 Å². The average molecular weight is 256 g/mol. The topological polar surface area (TPSA) is 66.8 Å². The SMILES string of the molecule is O=C(O)c1cc(Cl)cc(N2CCCOC2=O)c1. The van der Waals surface area contributed by atoms with E-state index in [0.717, 1.165) is 0 Å². The van der Waals surface area contributed by atoms with E-state index in [-0.39, 0.29) is 10.6 Å². The summed E-state index contributed by atoms with van der Waals surface area (Å²) in [5.74, 6) is -1.08. The second-order valence-electron chi connectivity index (χ2n) is 3.62. The molecule has 0 spiro atoms. The number of benzene rings is 1. The minimum atomic E-state index is -1.08. The van der Waals surface area contributed by atoms with Crippen molar-refractivity contribution >= 4 is 29.4 Å². The van der Waals surface area contributed by atoms with E-state index < -0.39 is 12.1 Å². The van der Waals surface area contributed by atoms with Crippen LogP contribution >= 0.6 is 11.6 Å². The Morgan fingerprint density at radius 3 is 2.82 bits per heavy atom. The Hall–Kier alpha value is -1.75. The molecule has 17 heavy (non-hydrogen) atoms. The second kappa shape index (κ2) is 4.63. The summed E-state index contributed by atoms with van der Waals surface area (Å²) in [4.78, 5) is 23.8. The van der Waals surface area contributed by atoms with Crippen molar-refractivity contribution in [2.45, 2.75) is 6.42 Å². The zero-order valence-corrected chi connectivity index (χ0v) is 9.61. The number of carbonyl (C=O) groups is 2. The van der Waals surface area contributed by atoms with Crippen molar-refractivity contribution < 1.29 is 19.4 Å². The summed E-state index contributed by atoms with van der Waals surface area (Å²) in [5, 5.41) is 9.18. The van der Waals surface area contributed by atoms with Gasteiger partial charge in [-0.15, -0.1) is 0 Å². The minimum absolute atomic E-state index is 0.0471. The molecule has 1 aromatic carbocycles. The fourth-order valence-electron chi connectivity index (χ4n) is 1.64. The maximum Gasteiger partial charge on any atom is 0.414 e. The van der Waals surface area contributed by atoms with Crippen molar-refractivity contribution in [3.8, 4) is 0 Å². The second-order valence-corrected chi connectivity index (χ2v) is 4.06. The highest BCUT2D eigenvalue weighted by Crippen LogP contribution is 2.24. The molecule has 1 N–H and O–H groups in total. The Labute approximate surface area is 103 Å². The van der Waals surface area contributed by atoms with Crippen LogP contribution in [0.3, 0.4) is 0 Å². The van der Waals surface area contributed by atoms with E-state index in [0.29, 0.717) is 25.3 Å². The van der Waals surface area contributed by atoms with Gasteiger partial charge in [0.05, 0.1) is 12.2 Å². The van der Waals surface area contributed by atoms with E-state index in [9.17, 15) is 9.59 Å². The van der Waals surface area contributed by atoms with Crippen molar-refractivity contribution in [1.29, 1.82) is 0 Å². The quantitative estimate of drug-likeness (QED) is 0.881. The lowest BCUT2D eigenvalue weighted by molar-refractivity contribution is 0.0696. The van der Waals surface area contributed by atoms with Gasteiger partial charge in [-0.3, -0.25) is 4.90 Å². The fourth-order valence-corrected chi connectivity index (χ4v) is 1.87. The molecule has 1 aliphatic rings. The van der Waals surface area contributed by atoms with Crippen LogP contribution in [0.15, 0.2) is 18.2 Å². The predicted molar refractivity (Wildman–Crippen MR) is 61.7 cm³/mol. The number of halogens is 1. The molecule has 6 heteroatoms. The van der Waals surface area contributed by atoms with Crippen LogP contribution in [0.1, 0.15) is 16.8 Å². The van der Waals surface area contributed by atoms with Gasteiger partial charge in [-0.2, -0.15) is 0 Å². The van der Waals surface area contributed by atoms with Gasteiger partial charge in [0.1, 0.15) is 0 Å². The van der Waals surface area contributed by atoms with E-state index in [1.54, 1.807) is 6.07 Å². The molecule has 90 valence electrons. The average Bonchev–Trinajstić information content (AvgIpc) is 2.28. The maximum absolute atomic E-state index is 11.5. The predicted octanol–water partition coefficient (Wildman–Crippen LogP) is 2.38. The summed E-state index contributed by atoms with van der Waals surface area (Å²) < 4.78 is 4.88. The van der Waals surface area contributed by atoms with Gasteiger partial charge in [0.25, 0.3) is 0 Å². The summed E-state index contributed by atoms with van der Waals surface area (Å²) in [7, 11) is 0. The molecule has 0 atom stereocenters. The minimum Gasteiger partial charge on any atom is -0.478 e. The molecule has 0 radical (unpaired) electrons.